The molecule has 1 atom stereocenters. The van der Waals surface area contributed by atoms with Crippen LogP contribution in [-0.2, 0) is 11.4 Å². The lowest BCUT2D eigenvalue weighted by Gasteiger charge is -2.31. The monoisotopic (exact) mass is 408 g/mol. The molecule has 1 fully saturated rings. The standard InChI is InChI=1S/C24H22F2N2O2/c1-17-8-5-6-11-19(17)23-27(24(29)22-20(25)12-7-13-21(22)26)14-15-28(23)30-16-18-9-3-2-4-10-18/h2-13,23H,14-16H2,1H3. The molecule has 3 aromatic carbocycles. The molecule has 1 saturated heterocycles. The molecular formula is C24H22F2N2O2. The summed E-state index contributed by atoms with van der Waals surface area (Å²) >= 11 is 0. The first kappa shape index (κ1) is 20.2. The zero-order chi connectivity index (χ0) is 21.1. The molecule has 0 spiro atoms. The van der Waals surface area contributed by atoms with E-state index in [1.807, 2.05) is 61.5 Å². The van der Waals surface area contributed by atoms with Crippen LogP contribution in [0.5, 0.6) is 0 Å². The summed E-state index contributed by atoms with van der Waals surface area (Å²) in [6.45, 7) is 2.99. The van der Waals surface area contributed by atoms with E-state index >= 15 is 0 Å². The number of carbonyl (C=O) groups excluding carboxylic acids is 1. The Kier molecular flexibility index (Phi) is 5.88. The van der Waals surface area contributed by atoms with Gasteiger partial charge in [0.15, 0.2) is 0 Å². The van der Waals surface area contributed by atoms with Gasteiger partial charge in [0, 0.05) is 13.1 Å². The normalized spacial score (nSPS) is 16.8. The highest BCUT2D eigenvalue weighted by Gasteiger charge is 2.39. The Bertz CT molecular complexity index is 1020. The van der Waals surface area contributed by atoms with Crippen molar-refractivity contribution in [1.29, 1.82) is 0 Å². The van der Waals surface area contributed by atoms with Crippen molar-refractivity contribution < 1.29 is 18.4 Å². The minimum absolute atomic E-state index is 0.292. The van der Waals surface area contributed by atoms with E-state index in [4.69, 9.17) is 4.84 Å². The van der Waals surface area contributed by atoms with Crippen LogP contribution in [0.25, 0.3) is 0 Å². The third kappa shape index (κ3) is 3.97. The molecule has 30 heavy (non-hydrogen) atoms. The molecule has 1 unspecified atom stereocenters. The average molecular weight is 408 g/mol. The molecule has 0 bridgehead atoms. The minimum atomic E-state index is -0.868. The number of rotatable bonds is 5. The molecule has 6 heteroatoms. The number of amides is 1. The SMILES string of the molecule is Cc1ccccc1C1N(OCc2ccccc2)CCN1C(=O)c1c(F)cccc1F. The molecule has 0 aromatic heterocycles. The van der Waals surface area contributed by atoms with Gasteiger partial charge in [-0.3, -0.25) is 9.63 Å². The summed E-state index contributed by atoms with van der Waals surface area (Å²) in [7, 11) is 0. The van der Waals surface area contributed by atoms with Crippen LogP contribution in [-0.4, -0.2) is 29.0 Å². The Labute approximate surface area is 174 Å². The van der Waals surface area contributed by atoms with E-state index in [1.165, 1.54) is 11.0 Å². The Morgan fingerprint density at radius 3 is 2.30 bits per heavy atom. The Balaban J connectivity index is 1.66. The molecule has 4 nitrogen and oxygen atoms in total. The second-order valence-corrected chi connectivity index (χ2v) is 7.23. The van der Waals surface area contributed by atoms with E-state index in [0.29, 0.717) is 19.7 Å². The molecule has 4 rings (SSSR count). The molecule has 1 heterocycles. The van der Waals surface area contributed by atoms with Crippen LogP contribution in [0.15, 0.2) is 72.8 Å². The number of benzene rings is 3. The van der Waals surface area contributed by atoms with Gasteiger partial charge in [-0.15, -0.1) is 0 Å². The fraction of sp³-hybridized carbons (Fsp3) is 0.208. The van der Waals surface area contributed by atoms with Gasteiger partial charge in [0.2, 0.25) is 0 Å². The van der Waals surface area contributed by atoms with Crippen molar-refractivity contribution in [2.75, 3.05) is 13.1 Å². The summed E-state index contributed by atoms with van der Waals surface area (Å²) in [6.07, 6.45) is -0.582. The molecule has 1 aliphatic heterocycles. The van der Waals surface area contributed by atoms with Gasteiger partial charge in [0.1, 0.15) is 23.4 Å². The molecule has 1 aliphatic rings. The van der Waals surface area contributed by atoms with Gasteiger partial charge < -0.3 is 4.90 Å². The summed E-state index contributed by atoms with van der Waals surface area (Å²) in [5.41, 5.74) is 2.27. The van der Waals surface area contributed by atoms with E-state index in [1.54, 1.807) is 5.06 Å². The van der Waals surface area contributed by atoms with Crippen LogP contribution < -0.4 is 0 Å². The van der Waals surface area contributed by atoms with E-state index < -0.39 is 29.3 Å². The maximum atomic E-state index is 14.3. The lowest BCUT2D eigenvalue weighted by atomic mass is 10.0. The van der Waals surface area contributed by atoms with E-state index in [9.17, 15) is 13.6 Å². The number of hydroxylamine groups is 2. The summed E-state index contributed by atoms with van der Waals surface area (Å²) in [5.74, 6) is -2.43. The van der Waals surface area contributed by atoms with Crippen LogP contribution in [0.4, 0.5) is 8.78 Å². The Morgan fingerprint density at radius 2 is 1.60 bits per heavy atom. The quantitative estimate of drug-likeness (QED) is 0.604. The van der Waals surface area contributed by atoms with Gasteiger partial charge in [-0.2, -0.15) is 5.06 Å². The topological polar surface area (TPSA) is 32.8 Å². The van der Waals surface area contributed by atoms with Crippen molar-refractivity contribution in [2.45, 2.75) is 19.7 Å². The molecule has 0 saturated carbocycles. The first-order chi connectivity index (χ1) is 14.6. The number of hydrogen-bond acceptors (Lipinski definition) is 3. The zero-order valence-corrected chi connectivity index (χ0v) is 16.6. The number of halogens is 2. The molecule has 1 amide bonds. The van der Waals surface area contributed by atoms with E-state index in [0.717, 1.165) is 28.8 Å². The number of carbonyl (C=O) groups is 1. The highest BCUT2D eigenvalue weighted by molar-refractivity contribution is 5.95. The molecule has 0 radical (unpaired) electrons. The Hall–Kier alpha value is -3.09. The Morgan fingerprint density at radius 1 is 0.933 bits per heavy atom. The molecule has 0 aliphatic carbocycles. The van der Waals surface area contributed by atoms with Crippen molar-refractivity contribution in [3.8, 4) is 0 Å². The molecule has 154 valence electrons. The lowest BCUT2D eigenvalue weighted by Crippen LogP contribution is -2.36. The van der Waals surface area contributed by atoms with Crippen molar-refractivity contribution in [3.05, 3.63) is 107 Å². The maximum Gasteiger partial charge on any atom is 0.261 e. The fourth-order valence-corrected chi connectivity index (χ4v) is 3.73. The van der Waals surface area contributed by atoms with Crippen molar-refractivity contribution in [2.24, 2.45) is 0 Å². The van der Waals surface area contributed by atoms with Gasteiger partial charge in [0.25, 0.3) is 5.91 Å². The zero-order valence-electron chi connectivity index (χ0n) is 16.6. The summed E-state index contributed by atoms with van der Waals surface area (Å²) < 4.78 is 28.6. The second kappa shape index (κ2) is 8.73. The third-order valence-electron chi connectivity index (χ3n) is 5.27. The smallest absolute Gasteiger partial charge is 0.261 e. The molecule has 0 N–H and O–H groups in total. The van der Waals surface area contributed by atoms with Crippen LogP contribution in [0.1, 0.15) is 33.2 Å². The maximum absolute atomic E-state index is 14.3. The minimum Gasteiger partial charge on any atom is -0.315 e. The summed E-state index contributed by atoms with van der Waals surface area (Å²) in [6, 6.07) is 20.8. The number of aryl methyl sites for hydroxylation is 1. The van der Waals surface area contributed by atoms with Crippen LogP contribution in [0.2, 0.25) is 0 Å². The van der Waals surface area contributed by atoms with Gasteiger partial charge >= 0.3 is 0 Å². The van der Waals surface area contributed by atoms with Gasteiger partial charge in [-0.1, -0.05) is 60.7 Å². The number of nitrogens with zero attached hydrogens (tertiary/aromatic N) is 2. The second-order valence-electron chi connectivity index (χ2n) is 7.23. The van der Waals surface area contributed by atoms with Gasteiger partial charge in [-0.25, -0.2) is 8.78 Å². The van der Waals surface area contributed by atoms with Gasteiger partial charge in [-0.05, 0) is 35.7 Å². The molecule has 3 aromatic rings. The predicted octanol–water partition coefficient (Wildman–Crippen LogP) is 4.86. The first-order valence-corrected chi connectivity index (χ1v) is 9.80. The highest BCUT2D eigenvalue weighted by atomic mass is 19.1. The third-order valence-corrected chi connectivity index (χ3v) is 5.27. The summed E-state index contributed by atoms with van der Waals surface area (Å²) in [4.78, 5) is 20.7. The summed E-state index contributed by atoms with van der Waals surface area (Å²) in [5, 5.41) is 1.71. The van der Waals surface area contributed by atoms with Crippen molar-refractivity contribution in [1.82, 2.24) is 9.96 Å². The average Bonchev–Trinajstić information content (AvgIpc) is 3.17. The first-order valence-electron chi connectivity index (χ1n) is 9.80. The van der Waals surface area contributed by atoms with Crippen molar-refractivity contribution in [3.63, 3.8) is 0 Å². The van der Waals surface area contributed by atoms with Crippen LogP contribution >= 0.6 is 0 Å². The van der Waals surface area contributed by atoms with E-state index in [-0.39, 0.29) is 0 Å². The van der Waals surface area contributed by atoms with Gasteiger partial charge in [0.05, 0.1) is 6.61 Å². The largest absolute Gasteiger partial charge is 0.315 e. The lowest BCUT2D eigenvalue weighted by molar-refractivity contribution is -0.192. The van der Waals surface area contributed by atoms with Crippen LogP contribution in [0.3, 0.4) is 0 Å². The van der Waals surface area contributed by atoms with E-state index in [2.05, 4.69) is 0 Å². The predicted molar refractivity (Wildman–Crippen MR) is 109 cm³/mol. The molecular weight excluding hydrogens is 386 g/mol. The fourth-order valence-electron chi connectivity index (χ4n) is 3.73. The van der Waals surface area contributed by atoms with Crippen LogP contribution in [0, 0.1) is 18.6 Å². The number of hydrogen-bond donors (Lipinski definition) is 0. The van der Waals surface area contributed by atoms with Crippen molar-refractivity contribution >= 4 is 5.91 Å². The highest BCUT2D eigenvalue weighted by Crippen LogP contribution is 2.34.